The number of carbonyl (C=O) groups excluding carboxylic acids is 2. The van der Waals surface area contributed by atoms with Crippen LogP contribution in [0, 0.1) is 11.8 Å². The lowest BCUT2D eigenvalue weighted by molar-refractivity contribution is -0.142. The number of aromatic nitrogens is 1. The van der Waals surface area contributed by atoms with Crippen LogP contribution in [0.25, 0.3) is 0 Å². The molecule has 42 heavy (non-hydrogen) atoms. The van der Waals surface area contributed by atoms with Crippen molar-refractivity contribution in [2.24, 2.45) is 11.8 Å². The third-order valence-electron chi connectivity index (χ3n) is 8.27. The van der Waals surface area contributed by atoms with Crippen molar-refractivity contribution in [3.63, 3.8) is 0 Å². The molecule has 12 heteroatoms. The van der Waals surface area contributed by atoms with Gasteiger partial charge >= 0.3 is 6.18 Å². The number of alkyl halides is 3. The van der Waals surface area contributed by atoms with Crippen LogP contribution in [0.4, 0.5) is 13.2 Å². The van der Waals surface area contributed by atoms with E-state index in [4.69, 9.17) is 0 Å². The van der Waals surface area contributed by atoms with Gasteiger partial charge in [0, 0.05) is 43.7 Å². The lowest BCUT2D eigenvalue weighted by Gasteiger charge is -2.46. The predicted molar refractivity (Wildman–Crippen MR) is 150 cm³/mol. The average molecular weight is 603 g/mol. The monoisotopic (exact) mass is 602 g/mol. The number of carbonyl (C=O) groups is 2. The summed E-state index contributed by atoms with van der Waals surface area (Å²) in [6.45, 7) is 1.19. The highest BCUT2D eigenvalue weighted by Gasteiger charge is 2.40. The number of halogens is 3. The van der Waals surface area contributed by atoms with E-state index in [9.17, 15) is 31.2 Å². The Kier molecular flexibility index (Phi) is 8.84. The van der Waals surface area contributed by atoms with E-state index in [0.29, 0.717) is 51.0 Å². The summed E-state index contributed by atoms with van der Waals surface area (Å²) < 4.78 is 66.8. The number of benzene rings is 1. The lowest BCUT2D eigenvalue weighted by atomic mass is 9.83. The number of pyridine rings is 1. The van der Waals surface area contributed by atoms with Crippen molar-refractivity contribution in [2.75, 3.05) is 19.6 Å². The van der Waals surface area contributed by atoms with E-state index < -0.39 is 27.8 Å². The van der Waals surface area contributed by atoms with Crippen LogP contribution in [0.2, 0.25) is 0 Å². The Morgan fingerprint density at radius 2 is 1.69 bits per heavy atom. The van der Waals surface area contributed by atoms with Crippen molar-refractivity contribution in [3.8, 4) is 0 Å². The zero-order valence-corrected chi connectivity index (χ0v) is 23.7. The second-order valence-electron chi connectivity index (χ2n) is 11.0. The van der Waals surface area contributed by atoms with Gasteiger partial charge in [-0.25, -0.2) is 13.1 Å². The molecule has 8 nitrogen and oxygen atoms in total. The number of hydrogen-bond donors (Lipinski definition) is 1. The molecule has 1 saturated heterocycles. The van der Waals surface area contributed by atoms with Crippen molar-refractivity contribution in [2.45, 2.75) is 55.3 Å². The number of nitrogens with one attached hydrogen (secondary N) is 1. The van der Waals surface area contributed by atoms with Crippen molar-refractivity contribution in [1.29, 1.82) is 0 Å². The maximum absolute atomic E-state index is 13.8. The Bertz CT molecular complexity index is 1440. The Morgan fingerprint density at radius 3 is 2.31 bits per heavy atom. The van der Waals surface area contributed by atoms with Gasteiger partial charge in [-0.2, -0.15) is 13.2 Å². The summed E-state index contributed by atoms with van der Waals surface area (Å²) in [5.41, 5.74) is -0.548. The average Bonchev–Trinajstić information content (AvgIpc) is 3.01. The van der Waals surface area contributed by atoms with Crippen molar-refractivity contribution in [3.05, 3.63) is 84.2 Å². The quantitative estimate of drug-likeness (QED) is 0.528. The Balaban J connectivity index is 1.21. The topological polar surface area (TPSA) is 99.7 Å². The molecule has 2 atom stereocenters. The fraction of sp³-hybridized carbons (Fsp3) is 0.433. The number of amides is 2. The largest absolute Gasteiger partial charge is 0.416 e. The molecule has 0 bridgehead atoms. The van der Waals surface area contributed by atoms with Crippen molar-refractivity contribution < 1.29 is 31.2 Å². The molecule has 0 radical (unpaired) electrons. The summed E-state index contributed by atoms with van der Waals surface area (Å²) in [5, 5.41) is 0. The van der Waals surface area contributed by atoms with E-state index in [1.54, 1.807) is 29.3 Å². The minimum absolute atomic E-state index is 0.0111. The first-order valence-electron chi connectivity index (χ1n) is 14.1. The molecular weight excluding hydrogens is 569 g/mol. The van der Waals surface area contributed by atoms with Crippen LogP contribution in [0.15, 0.2) is 77.9 Å². The minimum atomic E-state index is -4.55. The molecule has 1 aromatic heterocycles. The molecule has 1 saturated carbocycles. The van der Waals surface area contributed by atoms with Crippen LogP contribution >= 0.6 is 0 Å². The maximum Gasteiger partial charge on any atom is 0.416 e. The number of allylic oxidation sites excluding steroid dienone is 3. The summed E-state index contributed by atoms with van der Waals surface area (Å²) >= 11 is 0. The van der Waals surface area contributed by atoms with E-state index in [-0.39, 0.29) is 34.6 Å². The summed E-state index contributed by atoms with van der Waals surface area (Å²) in [6, 6.07) is 8.00. The van der Waals surface area contributed by atoms with Crippen LogP contribution in [-0.4, -0.2) is 66.7 Å². The van der Waals surface area contributed by atoms with E-state index in [2.05, 4.69) is 21.9 Å². The van der Waals surface area contributed by atoms with Crippen LogP contribution in [-0.2, 0) is 21.0 Å². The summed E-state index contributed by atoms with van der Waals surface area (Å²) in [6.07, 6.45) is 7.70. The first-order valence-corrected chi connectivity index (χ1v) is 15.5. The molecule has 2 heterocycles. The van der Waals surface area contributed by atoms with E-state index >= 15 is 0 Å². The van der Waals surface area contributed by atoms with Crippen LogP contribution in [0.3, 0.4) is 0 Å². The summed E-state index contributed by atoms with van der Waals surface area (Å²) in [5.74, 6) is -0.369. The third kappa shape index (κ3) is 6.75. The van der Waals surface area contributed by atoms with Gasteiger partial charge in [0.15, 0.2) is 0 Å². The number of piperazine rings is 1. The first kappa shape index (κ1) is 30.0. The summed E-state index contributed by atoms with van der Waals surface area (Å²) in [7, 11) is -4.01. The van der Waals surface area contributed by atoms with Gasteiger partial charge in [-0.3, -0.25) is 14.6 Å². The number of rotatable bonds is 6. The van der Waals surface area contributed by atoms with Gasteiger partial charge in [0.05, 0.1) is 16.5 Å². The Labute approximate surface area is 243 Å². The lowest BCUT2D eigenvalue weighted by Crippen LogP contribution is -2.60. The van der Waals surface area contributed by atoms with Crippen LogP contribution in [0.5, 0.6) is 0 Å². The molecule has 2 amide bonds. The number of nitrogens with zero attached hydrogens (tertiary/aromatic N) is 3. The molecule has 2 aliphatic carbocycles. The van der Waals surface area contributed by atoms with Crippen molar-refractivity contribution >= 4 is 21.8 Å². The molecule has 1 aliphatic heterocycles. The second-order valence-corrected chi connectivity index (χ2v) is 12.7. The number of sulfonamides is 1. The molecule has 5 rings (SSSR count). The Morgan fingerprint density at radius 1 is 0.952 bits per heavy atom. The fourth-order valence-electron chi connectivity index (χ4n) is 5.97. The van der Waals surface area contributed by atoms with Gasteiger partial charge in [0.1, 0.15) is 5.69 Å². The van der Waals surface area contributed by atoms with E-state index in [1.165, 1.54) is 0 Å². The second kappa shape index (κ2) is 12.4. The molecule has 1 N–H and O–H groups in total. The van der Waals surface area contributed by atoms with Gasteiger partial charge in [-0.05, 0) is 68.5 Å². The molecule has 2 aromatic rings. The molecule has 224 valence electrons. The standard InChI is InChI=1S/C30H33F3N4O4S/c31-30(32,33)23-11-15-25(16-12-23)42(40,41)35-24-13-9-22(10-14-24)28(38)37-19-18-36(29(39)26-8-4-5-17-34-26)20-27(37)21-6-2-1-3-7-21/h1-6,8,11-12,15-17,21-22,24,27,35H,7,9-10,13-14,18-20H2/t21?,22?,24?,27-/m1/s1. The Hall–Kier alpha value is -3.51. The van der Waals surface area contributed by atoms with Gasteiger partial charge < -0.3 is 9.80 Å². The highest BCUT2D eigenvalue weighted by Crippen LogP contribution is 2.33. The van der Waals surface area contributed by atoms with Gasteiger partial charge in [0.2, 0.25) is 15.9 Å². The molecule has 1 aromatic carbocycles. The predicted octanol–water partition coefficient (Wildman–Crippen LogP) is 4.42. The van der Waals surface area contributed by atoms with Crippen LogP contribution in [0.1, 0.15) is 48.2 Å². The smallest absolute Gasteiger partial charge is 0.335 e. The van der Waals surface area contributed by atoms with Crippen LogP contribution < -0.4 is 4.72 Å². The minimum Gasteiger partial charge on any atom is -0.335 e. The molecule has 3 aliphatic rings. The normalized spacial score (nSPS) is 24.9. The SMILES string of the molecule is O=C(c1ccccn1)N1CCN(C(=O)C2CCC(NS(=O)(=O)c3ccc(C(F)(F)F)cc3)CC2)[C@@H](C2C=CC=CC2)C1. The molecule has 0 spiro atoms. The molecule has 1 unspecified atom stereocenters. The fourth-order valence-corrected chi connectivity index (χ4v) is 7.28. The maximum atomic E-state index is 13.8. The highest BCUT2D eigenvalue weighted by atomic mass is 32.2. The third-order valence-corrected chi connectivity index (χ3v) is 9.81. The van der Waals surface area contributed by atoms with E-state index in [0.717, 1.165) is 30.7 Å². The number of hydrogen-bond acceptors (Lipinski definition) is 5. The molecular formula is C30H33F3N4O4S. The van der Waals surface area contributed by atoms with Crippen molar-refractivity contribution in [1.82, 2.24) is 19.5 Å². The highest BCUT2D eigenvalue weighted by molar-refractivity contribution is 7.89. The summed E-state index contributed by atoms with van der Waals surface area (Å²) in [4.78, 5) is 34.6. The van der Waals surface area contributed by atoms with Gasteiger partial charge in [-0.15, -0.1) is 0 Å². The van der Waals surface area contributed by atoms with E-state index in [1.807, 2.05) is 17.1 Å². The molecule has 2 fully saturated rings. The van der Waals surface area contributed by atoms with Gasteiger partial charge in [0.25, 0.3) is 5.91 Å². The van der Waals surface area contributed by atoms with Gasteiger partial charge in [-0.1, -0.05) is 30.4 Å². The first-order chi connectivity index (χ1) is 20.0. The zero-order chi connectivity index (χ0) is 29.9. The zero-order valence-electron chi connectivity index (χ0n) is 22.9.